The molecule has 7 heteroatoms. The minimum Gasteiger partial charge on any atom is -0.418 e. The van der Waals surface area contributed by atoms with Gasteiger partial charge in [0.15, 0.2) is 6.61 Å². The zero-order chi connectivity index (χ0) is 11.9. The van der Waals surface area contributed by atoms with Crippen LogP contribution in [-0.2, 0) is 0 Å². The summed E-state index contributed by atoms with van der Waals surface area (Å²) < 4.78 is 40.7. The maximum absolute atomic E-state index is 9.75. The number of rotatable bonds is 2. The summed E-state index contributed by atoms with van der Waals surface area (Å²) in [6, 6.07) is 4.00. The summed E-state index contributed by atoms with van der Waals surface area (Å²) in [5.74, 6) is 0. The van der Waals surface area contributed by atoms with Gasteiger partial charge in [-0.15, -0.1) is 0 Å². The number of halogens is 4. The second-order valence-corrected chi connectivity index (χ2v) is 2.65. The lowest BCUT2D eigenvalue weighted by atomic mass is 10.3. The van der Waals surface area contributed by atoms with E-state index in [0.717, 1.165) is 0 Å². The van der Waals surface area contributed by atoms with Crippen LogP contribution in [0.15, 0.2) is 24.5 Å². The van der Waals surface area contributed by atoms with Crippen LogP contribution in [0, 0.1) is 6.92 Å². The van der Waals surface area contributed by atoms with Gasteiger partial charge in [-0.05, 0) is 19.9 Å². The number of pyridine rings is 1. The van der Waals surface area contributed by atoms with Crippen LogP contribution in [0.2, 0.25) is 0 Å². The van der Waals surface area contributed by atoms with Crippen LogP contribution in [0.5, 0.6) is 0 Å². The van der Waals surface area contributed by atoms with Gasteiger partial charge in [-0.25, -0.2) is 0 Å². The average Bonchev–Trinajstić information content (AvgIpc) is 2.01. The van der Waals surface area contributed by atoms with Crippen LogP contribution in [0.4, 0.5) is 17.3 Å². The fraction of sp³-hybridized carbons (Fsp3) is 0.375. The Balaban J connectivity index is 0.000000336. The summed E-state index contributed by atoms with van der Waals surface area (Å²) in [4.78, 5) is 5.20. The van der Waals surface area contributed by atoms with E-state index in [1.807, 2.05) is 38.4 Å². The lowest BCUT2D eigenvalue weighted by Crippen LogP contribution is -2.41. The molecule has 0 saturated carbocycles. The van der Waals surface area contributed by atoms with Crippen molar-refractivity contribution in [3.8, 4) is 0 Å². The van der Waals surface area contributed by atoms with Gasteiger partial charge in [0.1, 0.15) is 0 Å². The Hall–Kier alpha value is -1.27. The fourth-order valence-corrected chi connectivity index (χ4v) is 0.796. The molecule has 0 spiro atoms. The number of hydrogen-bond donors (Lipinski definition) is 0. The largest absolute Gasteiger partial charge is 0.673 e. The number of aryl methyl sites for hydroxylation is 1. The van der Waals surface area contributed by atoms with E-state index < -0.39 is 7.25 Å². The molecule has 0 aromatic carbocycles. The van der Waals surface area contributed by atoms with E-state index in [1.54, 1.807) is 4.73 Å². The smallest absolute Gasteiger partial charge is 0.418 e. The van der Waals surface area contributed by atoms with Crippen molar-refractivity contribution in [2.75, 3.05) is 6.61 Å². The van der Waals surface area contributed by atoms with Gasteiger partial charge >= 0.3 is 7.25 Å². The van der Waals surface area contributed by atoms with Gasteiger partial charge in [0.05, 0.1) is 0 Å². The molecule has 0 saturated heterocycles. The molecule has 0 aliphatic carbocycles. The standard InChI is InChI=1S/C8H12NO.BF4/c1-3-10-9-6-4-5-8(2)7-9;2-1(3,4)5/h4-7H,3H2,1-2H3;/q+1;-1. The number of hydrogen-bond acceptors (Lipinski definition) is 1. The van der Waals surface area contributed by atoms with Crippen LogP contribution in [0.25, 0.3) is 0 Å². The third kappa shape index (κ3) is 10.7. The molecule has 1 aromatic rings. The molecule has 1 aromatic heterocycles. The topological polar surface area (TPSA) is 13.1 Å². The van der Waals surface area contributed by atoms with Gasteiger partial charge in [0, 0.05) is 16.4 Å². The third-order valence-electron chi connectivity index (χ3n) is 1.20. The van der Waals surface area contributed by atoms with Crippen molar-refractivity contribution in [3.05, 3.63) is 30.1 Å². The highest BCUT2D eigenvalue weighted by molar-refractivity contribution is 6.50. The zero-order valence-corrected chi connectivity index (χ0v) is 8.46. The Bertz CT molecular complexity index is 286. The molecule has 1 rings (SSSR count). The molecular weight excluding hydrogens is 213 g/mol. The van der Waals surface area contributed by atoms with E-state index in [9.17, 15) is 17.3 Å². The van der Waals surface area contributed by atoms with Crippen LogP contribution in [0.1, 0.15) is 12.5 Å². The summed E-state index contributed by atoms with van der Waals surface area (Å²) in [6.07, 6.45) is 3.83. The van der Waals surface area contributed by atoms with Crippen molar-refractivity contribution in [2.45, 2.75) is 13.8 Å². The summed E-state index contributed by atoms with van der Waals surface area (Å²) in [6.45, 7) is 4.71. The Labute approximate surface area is 85.5 Å². The minimum absolute atomic E-state index is 0.702. The van der Waals surface area contributed by atoms with Crippen LogP contribution < -0.4 is 9.57 Å². The van der Waals surface area contributed by atoms with E-state index >= 15 is 0 Å². The normalized spacial score (nSPS) is 10.3. The third-order valence-corrected chi connectivity index (χ3v) is 1.20. The molecule has 0 radical (unpaired) electrons. The summed E-state index contributed by atoms with van der Waals surface area (Å²) in [5, 5.41) is 0. The highest BCUT2D eigenvalue weighted by Gasteiger charge is 2.20. The van der Waals surface area contributed by atoms with E-state index in [2.05, 4.69) is 0 Å². The molecule has 15 heavy (non-hydrogen) atoms. The maximum Gasteiger partial charge on any atom is 0.673 e. The van der Waals surface area contributed by atoms with Gasteiger partial charge in [-0.1, -0.05) is 0 Å². The highest BCUT2D eigenvalue weighted by atomic mass is 19.5. The number of nitrogens with zero attached hydrogens (tertiary/aromatic N) is 1. The SMILES string of the molecule is CCO[n+]1cccc(C)c1.F[B-](F)(F)F. The van der Waals surface area contributed by atoms with Gasteiger partial charge in [0.25, 0.3) is 0 Å². The molecule has 0 N–H and O–H groups in total. The van der Waals surface area contributed by atoms with E-state index in [-0.39, 0.29) is 0 Å². The lowest BCUT2D eigenvalue weighted by Gasteiger charge is -1.94. The van der Waals surface area contributed by atoms with E-state index in [4.69, 9.17) is 4.84 Å². The molecule has 0 unspecified atom stereocenters. The summed E-state index contributed by atoms with van der Waals surface area (Å²) in [5.41, 5.74) is 1.20. The quantitative estimate of drug-likeness (QED) is 0.426. The first-order chi connectivity index (χ1) is 6.83. The second kappa shape index (κ2) is 6.26. The zero-order valence-electron chi connectivity index (χ0n) is 8.46. The van der Waals surface area contributed by atoms with Crippen LogP contribution in [-0.4, -0.2) is 13.9 Å². The Morgan fingerprint density at radius 3 is 2.27 bits per heavy atom. The molecule has 1 heterocycles. The van der Waals surface area contributed by atoms with Crippen molar-refractivity contribution in [1.29, 1.82) is 0 Å². The molecule has 0 atom stereocenters. The molecular formula is C8H12BF4NO. The Morgan fingerprint density at radius 1 is 1.33 bits per heavy atom. The van der Waals surface area contributed by atoms with Crippen molar-refractivity contribution in [2.24, 2.45) is 0 Å². The van der Waals surface area contributed by atoms with E-state index in [0.29, 0.717) is 6.61 Å². The Kier molecular flexibility index (Phi) is 5.73. The van der Waals surface area contributed by atoms with Crippen molar-refractivity contribution < 1.29 is 26.8 Å². The van der Waals surface area contributed by atoms with Gasteiger partial charge < -0.3 is 17.3 Å². The molecule has 0 bridgehead atoms. The Morgan fingerprint density at radius 2 is 1.87 bits per heavy atom. The first-order valence-corrected chi connectivity index (χ1v) is 4.31. The molecule has 0 fully saturated rings. The first-order valence-electron chi connectivity index (χ1n) is 4.31. The summed E-state index contributed by atoms with van der Waals surface area (Å²) >= 11 is 0. The molecule has 0 amide bonds. The predicted octanol–water partition coefficient (Wildman–Crippen LogP) is 2.03. The number of aromatic nitrogens is 1. The van der Waals surface area contributed by atoms with Crippen molar-refractivity contribution in [3.63, 3.8) is 0 Å². The monoisotopic (exact) mass is 225 g/mol. The average molecular weight is 225 g/mol. The summed E-state index contributed by atoms with van der Waals surface area (Å²) in [7, 11) is -6.00. The van der Waals surface area contributed by atoms with Crippen LogP contribution >= 0.6 is 0 Å². The minimum atomic E-state index is -6.00. The molecule has 2 nitrogen and oxygen atoms in total. The van der Waals surface area contributed by atoms with Gasteiger partial charge in [0.2, 0.25) is 12.4 Å². The van der Waals surface area contributed by atoms with Gasteiger partial charge in [-0.2, -0.15) is 0 Å². The lowest BCUT2D eigenvalue weighted by molar-refractivity contribution is -0.891. The fourth-order valence-electron chi connectivity index (χ4n) is 0.796. The molecule has 0 aliphatic heterocycles. The predicted molar refractivity (Wildman–Crippen MR) is 48.7 cm³/mol. The van der Waals surface area contributed by atoms with E-state index in [1.165, 1.54) is 5.56 Å². The maximum atomic E-state index is 9.75. The van der Waals surface area contributed by atoms with Crippen molar-refractivity contribution in [1.82, 2.24) is 0 Å². The molecule has 0 aliphatic rings. The first kappa shape index (κ1) is 13.7. The second-order valence-electron chi connectivity index (χ2n) is 2.65. The van der Waals surface area contributed by atoms with Crippen LogP contribution in [0.3, 0.4) is 0 Å². The van der Waals surface area contributed by atoms with Gasteiger partial charge in [-0.3, -0.25) is 4.84 Å². The molecule has 86 valence electrons. The van der Waals surface area contributed by atoms with Crippen molar-refractivity contribution >= 4 is 7.25 Å². The highest BCUT2D eigenvalue weighted by Crippen LogP contribution is 2.06.